The molecule has 0 aliphatic carbocycles. The van der Waals surface area contributed by atoms with E-state index in [2.05, 4.69) is 0 Å². The van der Waals surface area contributed by atoms with Crippen molar-refractivity contribution in [3.8, 4) is 0 Å². The summed E-state index contributed by atoms with van der Waals surface area (Å²) in [6, 6.07) is 7.00. The van der Waals surface area contributed by atoms with Gasteiger partial charge in [-0.05, 0) is 29.9 Å². The zero-order valence-electron chi connectivity index (χ0n) is 12.4. The minimum absolute atomic E-state index is 0.0111. The number of nitrogens with zero attached hydrogens (tertiary/aromatic N) is 1. The van der Waals surface area contributed by atoms with Gasteiger partial charge in [0, 0.05) is 20.2 Å². The van der Waals surface area contributed by atoms with E-state index in [-0.39, 0.29) is 18.3 Å². The van der Waals surface area contributed by atoms with Gasteiger partial charge in [0.25, 0.3) is 0 Å². The second kappa shape index (κ2) is 7.35. The zero-order chi connectivity index (χ0) is 15.3. The Bertz CT molecular complexity index is 535. The van der Waals surface area contributed by atoms with E-state index in [1.165, 1.54) is 4.31 Å². The first-order valence-corrected chi connectivity index (χ1v) is 8.82. The molecule has 1 aliphatic rings. The van der Waals surface area contributed by atoms with Gasteiger partial charge in [0.1, 0.15) is 0 Å². The highest BCUT2D eigenvalue weighted by atomic mass is 32.2. The van der Waals surface area contributed by atoms with Crippen LogP contribution < -0.4 is 0 Å². The molecule has 1 fully saturated rings. The molecule has 0 spiro atoms. The molecule has 6 heteroatoms. The topological polar surface area (TPSA) is 66.8 Å². The molecule has 1 aliphatic heterocycles. The zero-order valence-corrected chi connectivity index (χ0v) is 13.2. The van der Waals surface area contributed by atoms with Crippen LogP contribution in [0.25, 0.3) is 0 Å². The van der Waals surface area contributed by atoms with Crippen LogP contribution in [0.2, 0.25) is 0 Å². The molecule has 2 rings (SSSR count). The molecule has 1 aromatic rings. The van der Waals surface area contributed by atoms with Gasteiger partial charge in [-0.1, -0.05) is 24.3 Å². The Morgan fingerprint density at radius 2 is 1.95 bits per heavy atom. The summed E-state index contributed by atoms with van der Waals surface area (Å²) in [5.41, 5.74) is 1.52. The molecule has 0 saturated carbocycles. The van der Waals surface area contributed by atoms with Crippen LogP contribution in [0.15, 0.2) is 24.3 Å². The quantitative estimate of drug-likeness (QED) is 0.861. The van der Waals surface area contributed by atoms with E-state index in [0.29, 0.717) is 13.2 Å². The lowest BCUT2D eigenvalue weighted by Crippen LogP contribution is -2.35. The van der Waals surface area contributed by atoms with Gasteiger partial charge >= 0.3 is 0 Å². The Balaban J connectivity index is 1.95. The number of aliphatic hydroxyl groups is 1. The molecule has 1 unspecified atom stereocenters. The molecule has 0 bridgehead atoms. The average Bonchev–Trinajstić information content (AvgIpc) is 2.48. The van der Waals surface area contributed by atoms with Crippen LogP contribution in [0.5, 0.6) is 0 Å². The van der Waals surface area contributed by atoms with Gasteiger partial charge in [0.05, 0.1) is 19.0 Å². The van der Waals surface area contributed by atoms with Crippen LogP contribution >= 0.6 is 0 Å². The molecule has 1 atom stereocenters. The van der Waals surface area contributed by atoms with Crippen molar-refractivity contribution in [2.75, 3.05) is 26.8 Å². The van der Waals surface area contributed by atoms with Crippen LogP contribution in [-0.4, -0.2) is 44.6 Å². The fourth-order valence-electron chi connectivity index (χ4n) is 2.49. The molecular weight excluding hydrogens is 290 g/mol. The third kappa shape index (κ3) is 4.78. The summed E-state index contributed by atoms with van der Waals surface area (Å²) < 4.78 is 31.6. The molecule has 0 radical (unpaired) electrons. The fraction of sp³-hybridized carbons (Fsp3) is 0.600. The lowest BCUT2D eigenvalue weighted by atomic mass is 10.0. The number of hydrogen-bond acceptors (Lipinski definition) is 4. The van der Waals surface area contributed by atoms with Crippen molar-refractivity contribution in [2.45, 2.75) is 25.2 Å². The minimum Gasteiger partial charge on any atom is -0.392 e. The smallest absolute Gasteiger partial charge is 0.218 e. The van der Waals surface area contributed by atoms with Crippen LogP contribution in [-0.2, 0) is 27.1 Å². The van der Waals surface area contributed by atoms with Crippen LogP contribution in [0.3, 0.4) is 0 Å². The Hall–Kier alpha value is -0.950. The SMILES string of the molecule is CN(CC1CCCOC1)S(=O)(=O)Cc1ccc(CO)cc1. The highest BCUT2D eigenvalue weighted by Crippen LogP contribution is 2.17. The molecule has 118 valence electrons. The molecular formula is C15H23NO4S. The lowest BCUT2D eigenvalue weighted by Gasteiger charge is -2.26. The van der Waals surface area contributed by atoms with E-state index in [9.17, 15) is 8.42 Å². The van der Waals surface area contributed by atoms with E-state index in [1.54, 1.807) is 31.3 Å². The molecule has 1 aromatic carbocycles. The lowest BCUT2D eigenvalue weighted by molar-refractivity contribution is 0.0495. The van der Waals surface area contributed by atoms with Crippen LogP contribution in [0.4, 0.5) is 0 Å². The first-order chi connectivity index (χ1) is 10.0. The maximum Gasteiger partial charge on any atom is 0.218 e. The molecule has 1 N–H and O–H groups in total. The van der Waals surface area contributed by atoms with Crippen molar-refractivity contribution in [1.82, 2.24) is 4.31 Å². The molecule has 5 nitrogen and oxygen atoms in total. The van der Waals surface area contributed by atoms with Crippen molar-refractivity contribution >= 4 is 10.0 Å². The maximum absolute atomic E-state index is 12.4. The average molecular weight is 313 g/mol. The Labute approximate surface area is 126 Å². The predicted octanol–water partition coefficient (Wildman–Crippen LogP) is 1.37. The van der Waals surface area contributed by atoms with Gasteiger partial charge in [0.15, 0.2) is 0 Å². The maximum atomic E-state index is 12.4. The van der Waals surface area contributed by atoms with Crippen molar-refractivity contribution < 1.29 is 18.3 Å². The van der Waals surface area contributed by atoms with Gasteiger partial charge in [0.2, 0.25) is 10.0 Å². The van der Waals surface area contributed by atoms with Gasteiger partial charge in [-0.3, -0.25) is 0 Å². The van der Waals surface area contributed by atoms with Crippen molar-refractivity contribution in [1.29, 1.82) is 0 Å². The van der Waals surface area contributed by atoms with Gasteiger partial charge in [-0.2, -0.15) is 0 Å². The second-order valence-corrected chi connectivity index (χ2v) is 7.67. The van der Waals surface area contributed by atoms with Gasteiger partial charge < -0.3 is 9.84 Å². The van der Waals surface area contributed by atoms with E-state index in [1.807, 2.05) is 0 Å². The highest BCUT2D eigenvalue weighted by molar-refractivity contribution is 7.88. The summed E-state index contributed by atoms with van der Waals surface area (Å²) in [6.45, 7) is 1.90. The fourth-order valence-corrected chi connectivity index (χ4v) is 3.76. The molecule has 0 amide bonds. The van der Waals surface area contributed by atoms with E-state index in [0.717, 1.165) is 30.6 Å². The third-order valence-corrected chi connectivity index (χ3v) is 5.60. The summed E-state index contributed by atoms with van der Waals surface area (Å²) in [5, 5.41) is 8.99. The van der Waals surface area contributed by atoms with Gasteiger partial charge in [-0.15, -0.1) is 0 Å². The van der Waals surface area contributed by atoms with Crippen molar-refractivity contribution in [3.05, 3.63) is 35.4 Å². The number of aliphatic hydroxyl groups excluding tert-OH is 1. The number of ether oxygens (including phenoxy) is 1. The second-order valence-electron chi connectivity index (χ2n) is 5.59. The summed E-state index contributed by atoms with van der Waals surface area (Å²) in [7, 11) is -1.69. The largest absolute Gasteiger partial charge is 0.392 e. The first-order valence-electron chi connectivity index (χ1n) is 7.21. The monoisotopic (exact) mass is 313 g/mol. The van der Waals surface area contributed by atoms with E-state index >= 15 is 0 Å². The molecule has 1 saturated heterocycles. The van der Waals surface area contributed by atoms with Crippen molar-refractivity contribution in [2.24, 2.45) is 5.92 Å². The predicted molar refractivity (Wildman–Crippen MR) is 81.2 cm³/mol. The van der Waals surface area contributed by atoms with Gasteiger partial charge in [-0.25, -0.2) is 12.7 Å². The highest BCUT2D eigenvalue weighted by Gasteiger charge is 2.23. The standard InChI is InChI=1S/C15H23NO4S/c1-16(9-15-3-2-8-20-11-15)21(18,19)12-14-6-4-13(10-17)5-7-14/h4-7,15,17H,2-3,8-12H2,1H3. The molecule has 1 heterocycles. The van der Waals surface area contributed by atoms with Crippen molar-refractivity contribution in [3.63, 3.8) is 0 Å². The number of rotatable bonds is 6. The van der Waals surface area contributed by atoms with Crippen LogP contribution in [0.1, 0.15) is 24.0 Å². The van der Waals surface area contributed by atoms with Crippen LogP contribution in [0, 0.1) is 5.92 Å². The Morgan fingerprint density at radius 1 is 1.29 bits per heavy atom. The Morgan fingerprint density at radius 3 is 2.52 bits per heavy atom. The summed E-state index contributed by atoms with van der Waals surface area (Å²) >= 11 is 0. The summed E-state index contributed by atoms with van der Waals surface area (Å²) in [6.07, 6.45) is 2.02. The number of benzene rings is 1. The first kappa shape index (κ1) is 16.4. The number of hydrogen-bond donors (Lipinski definition) is 1. The summed E-state index contributed by atoms with van der Waals surface area (Å²) in [4.78, 5) is 0. The summed E-state index contributed by atoms with van der Waals surface area (Å²) in [5.74, 6) is 0.276. The van der Waals surface area contributed by atoms with E-state index < -0.39 is 10.0 Å². The number of sulfonamides is 1. The van der Waals surface area contributed by atoms with E-state index in [4.69, 9.17) is 9.84 Å². The third-order valence-electron chi connectivity index (χ3n) is 3.80. The Kier molecular flexibility index (Phi) is 5.75. The molecule has 0 aromatic heterocycles. The minimum atomic E-state index is -3.32. The normalized spacial score (nSPS) is 19.9. The molecule has 21 heavy (non-hydrogen) atoms.